The monoisotopic (exact) mass is 336 g/mol. The Balaban J connectivity index is 2.16. The third-order valence-electron chi connectivity index (χ3n) is 2.77. The van der Waals surface area contributed by atoms with Crippen molar-refractivity contribution in [2.24, 2.45) is 9.98 Å². The maximum Gasteiger partial charge on any atom is 0.166 e. The number of nitrogens with zero attached hydrogens (tertiary/aromatic N) is 2. The molecule has 0 heterocycles. The van der Waals surface area contributed by atoms with Gasteiger partial charge in [-0.25, -0.2) is 9.98 Å². The van der Waals surface area contributed by atoms with Crippen LogP contribution in [0.1, 0.15) is 0 Å². The van der Waals surface area contributed by atoms with Gasteiger partial charge >= 0.3 is 0 Å². The molecule has 2 aromatic rings. The smallest absolute Gasteiger partial charge is 0.166 e. The molecule has 0 bridgehead atoms. The zero-order valence-electron chi connectivity index (χ0n) is 12.1. The van der Waals surface area contributed by atoms with Gasteiger partial charge in [0.2, 0.25) is 0 Å². The lowest BCUT2D eigenvalue weighted by Crippen LogP contribution is -1.98. The van der Waals surface area contributed by atoms with Gasteiger partial charge in [-0.1, -0.05) is 23.2 Å². The number of benzene rings is 2. The maximum atomic E-state index is 6.08. The first-order valence-electron chi connectivity index (χ1n) is 6.39. The van der Waals surface area contributed by atoms with Crippen LogP contribution in [0.2, 0.25) is 0 Å². The molecule has 0 aliphatic rings. The van der Waals surface area contributed by atoms with Gasteiger partial charge in [0.15, 0.2) is 10.3 Å². The topological polar surface area (TPSA) is 43.2 Å². The lowest BCUT2D eigenvalue weighted by Gasteiger charge is -2.01. The summed E-state index contributed by atoms with van der Waals surface area (Å²) in [6, 6.07) is 14.3. The lowest BCUT2D eigenvalue weighted by atomic mass is 10.3. The third kappa shape index (κ3) is 4.48. The minimum Gasteiger partial charge on any atom is -0.497 e. The van der Waals surface area contributed by atoms with E-state index < -0.39 is 0 Å². The van der Waals surface area contributed by atoms with Crippen LogP contribution < -0.4 is 9.47 Å². The minimum absolute atomic E-state index is 0.114. The van der Waals surface area contributed by atoms with Crippen molar-refractivity contribution in [2.45, 2.75) is 0 Å². The number of rotatable bonds is 5. The van der Waals surface area contributed by atoms with E-state index in [9.17, 15) is 0 Å². The molecule has 2 aromatic carbocycles. The Kier molecular flexibility index (Phi) is 5.81. The number of aliphatic imine (C=N–C) groups is 2. The molecular weight excluding hydrogens is 323 g/mol. The molecule has 0 N–H and O–H groups in total. The SMILES string of the molecule is COc1ccc(N=C(Cl)C(Cl)=Nc2ccc(OC)cc2)cc1. The van der Waals surface area contributed by atoms with E-state index in [1.54, 1.807) is 62.8 Å². The molecule has 0 saturated carbocycles. The zero-order valence-corrected chi connectivity index (χ0v) is 13.6. The summed E-state index contributed by atoms with van der Waals surface area (Å²) in [5.74, 6) is 1.49. The van der Waals surface area contributed by atoms with Crippen molar-refractivity contribution in [1.82, 2.24) is 0 Å². The number of methoxy groups -OCH3 is 2. The second-order valence-electron chi connectivity index (χ2n) is 4.20. The fourth-order valence-electron chi connectivity index (χ4n) is 1.63. The van der Waals surface area contributed by atoms with Crippen molar-refractivity contribution >= 4 is 44.9 Å². The van der Waals surface area contributed by atoms with Gasteiger partial charge in [-0.05, 0) is 48.5 Å². The highest BCUT2D eigenvalue weighted by Gasteiger charge is 2.04. The number of halogens is 2. The molecule has 0 unspecified atom stereocenters. The first-order chi connectivity index (χ1) is 10.6. The number of hydrogen-bond acceptors (Lipinski definition) is 4. The van der Waals surface area contributed by atoms with Gasteiger partial charge in [0, 0.05) is 0 Å². The molecule has 0 saturated heterocycles. The fourth-order valence-corrected chi connectivity index (χ4v) is 1.91. The molecule has 6 heteroatoms. The molecule has 0 aliphatic heterocycles. The summed E-state index contributed by atoms with van der Waals surface area (Å²) in [5.41, 5.74) is 1.32. The van der Waals surface area contributed by atoms with E-state index in [1.165, 1.54) is 0 Å². The van der Waals surface area contributed by atoms with Crippen LogP contribution in [0.15, 0.2) is 58.5 Å². The number of hydrogen-bond donors (Lipinski definition) is 0. The first kappa shape index (κ1) is 16.3. The summed E-state index contributed by atoms with van der Waals surface area (Å²) in [4.78, 5) is 8.41. The molecule has 0 aromatic heterocycles. The normalized spacial score (nSPS) is 12.2. The molecule has 0 spiro atoms. The van der Waals surface area contributed by atoms with Crippen LogP contribution in [0.25, 0.3) is 0 Å². The van der Waals surface area contributed by atoms with Crippen LogP contribution in [-0.4, -0.2) is 24.6 Å². The van der Waals surface area contributed by atoms with E-state index in [4.69, 9.17) is 32.7 Å². The predicted molar refractivity (Wildman–Crippen MR) is 91.9 cm³/mol. The number of ether oxygens (including phenoxy) is 2. The molecule has 0 atom stereocenters. The molecular formula is C16H14Cl2N2O2. The lowest BCUT2D eigenvalue weighted by molar-refractivity contribution is 0.415. The molecule has 0 amide bonds. The van der Waals surface area contributed by atoms with Crippen LogP contribution >= 0.6 is 23.2 Å². The molecule has 114 valence electrons. The van der Waals surface area contributed by atoms with Crippen molar-refractivity contribution in [3.05, 3.63) is 48.5 Å². The average Bonchev–Trinajstić information content (AvgIpc) is 2.56. The van der Waals surface area contributed by atoms with E-state index in [-0.39, 0.29) is 10.3 Å². The Morgan fingerprint density at radius 2 is 1.00 bits per heavy atom. The molecule has 0 fully saturated rings. The van der Waals surface area contributed by atoms with Gasteiger partial charge in [-0.2, -0.15) is 0 Å². The molecule has 0 aliphatic carbocycles. The standard InChI is InChI=1S/C16H14Cl2N2O2/c1-21-13-7-3-11(4-8-13)19-15(17)16(18)20-12-5-9-14(22-2)10-6-12/h3-10H,1-2H3. The summed E-state index contributed by atoms with van der Waals surface area (Å²) >= 11 is 12.2. The van der Waals surface area contributed by atoms with Crippen molar-refractivity contribution < 1.29 is 9.47 Å². The van der Waals surface area contributed by atoms with Gasteiger partial charge < -0.3 is 9.47 Å². The summed E-state index contributed by atoms with van der Waals surface area (Å²) in [5, 5.41) is 0.227. The third-order valence-corrected chi connectivity index (χ3v) is 3.39. The van der Waals surface area contributed by atoms with Crippen LogP contribution in [0.3, 0.4) is 0 Å². The summed E-state index contributed by atoms with van der Waals surface area (Å²) in [7, 11) is 3.20. The van der Waals surface area contributed by atoms with Gasteiger partial charge in [0.1, 0.15) is 11.5 Å². The quantitative estimate of drug-likeness (QED) is 0.725. The fraction of sp³-hybridized carbons (Fsp3) is 0.125. The van der Waals surface area contributed by atoms with Gasteiger partial charge in [-0.15, -0.1) is 0 Å². The Morgan fingerprint density at radius 3 is 1.27 bits per heavy atom. The Morgan fingerprint density at radius 1 is 0.682 bits per heavy atom. The van der Waals surface area contributed by atoms with Gasteiger partial charge in [-0.3, -0.25) is 0 Å². The Labute approximate surface area is 139 Å². The molecule has 0 radical (unpaired) electrons. The maximum absolute atomic E-state index is 6.08. The van der Waals surface area contributed by atoms with E-state index in [0.29, 0.717) is 11.4 Å². The van der Waals surface area contributed by atoms with Gasteiger partial charge in [0.05, 0.1) is 25.6 Å². The van der Waals surface area contributed by atoms with Crippen molar-refractivity contribution in [3.8, 4) is 11.5 Å². The average molecular weight is 337 g/mol. The van der Waals surface area contributed by atoms with Gasteiger partial charge in [0.25, 0.3) is 0 Å². The van der Waals surface area contributed by atoms with Crippen molar-refractivity contribution in [1.29, 1.82) is 0 Å². The highest BCUT2D eigenvalue weighted by molar-refractivity contribution is 7.00. The zero-order chi connectivity index (χ0) is 15.9. The van der Waals surface area contributed by atoms with E-state index >= 15 is 0 Å². The molecule has 4 nitrogen and oxygen atoms in total. The minimum atomic E-state index is 0.114. The summed E-state index contributed by atoms with van der Waals surface area (Å²) in [6.45, 7) is 0. The predicted octanol–water partition coefficient (Wildman–Crippen LogP) is 4.94. The van der Waals surface area contributed by atoms with Crippen molar-refractivity contribution in [3.63, 3.8) is 0 Å². The summed E-state index contributed by atoms with van der Waals surface area (Å²) < 4.78 is 10.2. The van der Waals surface area contributed by atoms with Crippen LogP contribution in [0.4, 0.5) is 11.4 Å². The van der Waals surface area contributed by atoms with E-state index in [2.05, 4.69) is 9.98 Å². The Hall–Kier alpha value is -2.04. The summed E-state index contributed by atoms with van der Waals surface area (Å²) in [6.07, 6.45) is 0. The second kappa shape index (κ2) is 7.82. The molecule has 2 rings (SSSR count). The van der Waals surface area contributed by atoms with Crippen LogP contribution in [0, 0.1) is 0 Å². The molecule has 22 heavy (non-hydrogen) atoms. The van der Waals surface area contributed by atoms with Crippen LogP contribution in [0.5, 0.6) is 11.5 Å². The Bertz CT molecular complexity index is 619. The van der Waals surface area contributed by atoms with Crippen LogP contribution in [-0.2, 0) is 0 Å². The largest absolute Gasteiger partial charge is 0.497 e. The van der Waals surface area contributed by atoms with E-state index in [0.717, 1.165) is 11.5 Å². The second-order valence-corrected chi connectivity index (χ2v) is 4.92. The highest BCUT2D eigenvalue weighted by Crippen LogP contribution is 2.21. The first-order valence-corrected chi connectivity index (χ1v) is 7.15. The van der Waals surface area contributed by atoms with E-state index in [1.807, 2.05) is 0 Å². The van der Waals surface area contributed by atoms with Crippen molar-refractivity contribution in [2.75, 3.05) is 14.2 Å². The highest BCUT2D eigenvalue weighted by atomic mass is 35.5.